The summed E-state index contributed by atoms with van der Waals surface area (Å²) in [5.74, 6) is -1.71. The van der Waals surface area contributed by atoms with Crippen LogP contribution in [0.3, 0.4) is 0 Å². The maximum Gasteiger partial charge on any atom is 0.391 e. The van der Waals surface area contributed by atoms with Crippen LogP contribution in [-0.2, 0) is 0 Å². The van der Waals surface area contributed by atoms with Crippen LogP contribution in [0.1, 0.15) is 30.0 Å². The van der Waals surface area contributed by atoms with Crippen molar-refractivity contribution in [2.75, 3.05) is 6.54 Å². The van der Waals surface area contributed by atoms with Crippen molar-refractivity contribution in [3.63, 3.8) is 0 Å². The van der Waals surface area contributed by atoms with Gasteiger partial charge in [0.25, 0.3) is 0 Å². The number of hydrogen-bond donors (Lipinski definition) is 1. The molecule has 0 saturated carbocycles. The van der Waals surface area contributed by atoms with Crippen LogP contribution in [0.5, 0.6) is 0 Å². The third-order valence-electron chi connectivity index (χ3n) is 3.48. The number of aryl methyl sites for hydroxylation is 1. The Morgan fingerprint density at radius 3 is 2.67 bits per heavy atom. The fourth-order valence-corrected chi connectivity index (χ4v) is 2.44. The number of alkyl halides is 3. The van der Waals surface area contributed by atoms with Crippen LogP contribution >= 0.6 is 0 Å². The number of halogens is 4. The summed E-state index contributed by atoms with van der Waals surface area (Å²) in [6.07, 6.45) is -4.09. The van der Waals surface area contributed by atoms with E-state index in [1.54, 1.807) is 13.0 Å². The molecule has 1 nitrogen and oxygen atoms in total. The van der Waals surface area contributed by atoms with Crippen molar-refractivity contribution in [2.45, 2.75) is 32.0 Å². The molecule has 0 aromatic heterocycles. The first-order valence-corrected chi connectivity index (χ1v) is 5.94. The van der Waals surface area contributed by atoms with Gasteiger partial charge in [0.1, 0.15) is 5.82 Å². The highest BCUT2D eigenvalue weighted by Gasteiger charge is 2.42. The molecule has 1 fully saturated rings. The van der Waals surface area contributed by atoms with E-state index in [0.29, 0.717) is 12.1 Å². The van der Waals surface area contributed by atoms with Gasteiger partial charge in [0, 0.05) is 6.04 Å². The van der Waals surface area contributed by atoms with E-state index in [1.165, 1.54) is 12.1 Å². The summed E-state index contributed by atoms with van der Waals surface area (Å²) in [5, 5.41) is 3.04. The summed E-state index contributed by atoms with van der Waals surface area (Å²) < 4.78 is 51.3. The minimum absolute atomic E-state index is 0.0200. The van der Waals surface area contributed by atoms with Crippen molar-refractivity contribution in [1.82, 2.24) is 5.32 Å². The second-order valence-corrected chi connectivity index (χ2v) is 4.77. The van der Waals surface area contributed by atoms with Crippen LogP contribution < -0.4 is 5.32 Å². The second kappa shape index (κ2) is 4.88. The number of hydrogen-bond acceptors (Lipinski definition) is 1. The average Bonchev–Trinajstić information content (AvgIpc) is 2.31. The van der Waals surface area contributed by atoms with E-state index >= 15 is 0 Å². The fourth-order valence-electron chi connectivity index (χ4n) is 2.44. The van der Waals surface area contributed by atoms with Gasteiger partial charge in [-0.1, -0.05) is 6.07 Å². The highest BCUT2D eigenvalue weighted by atomic mass is 19.4. The zero-order valence-corrected chi connectivity index (χ0v) is 10.0. The van der Waals surface area contributed by atoms with Gasteiger partial charge in [-0.2, -0.15) is 13.2 Å². The molecule has 0 bridgehead atoms. The zero-order valence-electron chi connectivity index (χ0n) is 10.0. The Morgan fingerprint density at radius 2 is 2.00 bits per heavy atom. The molecule has 2 atom stereocenters. The number of benzene rings is 1. The highest BCUT2D eigenvalue weighted by molar-refractivity contribution is 5.30. The van der Waals surface area contributed by atoms with Gasteiger partial charge in [-0.3, -0.25) is 0 Å². The summed E-state index contributed by atoms with van der Waals surface area (Å²) in [6, 6.07) is 3.83. The summed E-state index contributed by atoms with van der Waals surface area (Å²) in [7, 11) is 0. The van der Waals surface area contributed by atoms with Crippen molar-refractivity contribution in [2.24, 2.45) is 5.92 Å². The average molecular weight is 261 g/mol. The molecule has 2 unspecified atom stereocenters. The third kappa shape index (κ3) is 2.83. The van der Waals surface area contributed by atoms with E-state index in [2.05, 4.69) is 5.32 Å². The van der Waals surface area contributed by atoms with Crippen molar-refractivity contribution in [1.29, 1.82) is 0 Å². The zero-order chi connectivity index (χ0) is 13.3. The SMILES string of the molecule is Cc1ccc(F)cc1C1CC(C(F)(F)F)CCN1. The quantitative estimate of drug-likeness (QED) is 0.759. The minimum Gasteiger partial charge on any atom is -0.310 e. The van der Waals surface area contributed by atoms with E-state index in [1.807, 2.05) is 0 Å². The van der Waals surface area contributed by atoms with E-state index in [4.69, 9.17) is 0 Å². The molecule has 0 spiro atoms. The van der Waals surface area contributed by atoms with E-state index < -0.39 is 24.0 Å². The summed E-state index contributed by atoms with van der Waals surface area (Å²) >= 11 is 0. The Bertz CT molecular complexity index is 427. The summed E-state index contributed by atoms with van der Waals surface area (Å²) in [5.41, 5.74) is 1.45. The molecule has 0 amide bonds. The van der Waals surface area contributed by atoms with Gasteiger partial charge >= 0.3 is 6.18 Å². The predicted molar refractivity (Wildman–Crippen MR) is 60.7 cm³/mol. The molecule has 1 aromatic rings. The molecule has 1 heterocycles. The lowest BCUT2D eigenvalue weighted by atomic mass is 9.87. The molecule has 1 N–H and O–H groups in total. The summed E-state index contributed by atoms with van der Waals surface area (Å²) in [4.78, 5) is 0. The molecule has 1 saturated heterocycles. The van der Waals surface area contributed by atoms with E-state index in [-0.39, 0.29) is 12.8 Å². The van der Waals surface area contributed by atoms with Crippen molar-refractivity contribution in [3.8, 4) is 0 Å². The fraction of sp³-hybridized carbons (Fsp3) is 0.538. The van der Waals surface area contributed by atoms with Gasteiger partial charge in [0.2, 0.25) is 0 Å². The van der Waals surface area contributed by atoms with Gasteiger partial charge in [0.15, 0.2) is 0 Å². The van der Waals surface area contributed by atoms with Crippen molar-refractivity contribution in [3.05, 3.63) is 35.1 Å². The topological polar surface area (TPSA) is 12.0 Å². The Kier molecular flexibility index (Phi) is 3.61. The maximum atomic E-state index is 13.2. The van der Waals surface area contributed by atoms with E-state index in [9.17, 15) is 17.6 Å². The Labute approximate surface area is 103 Å². The molecule has 0 radical (unpaired) electrons. The number of nitrogens with one attached hydrogen (secondary N) is 1. The molecule has 18 heavy (non-hydrogen) atoms. The largest absolute Gasteiger partial charge is 0.391 e. The molecular formula is C13H15F4N. The maximum absolute atomic E-state index is 13.2. The second-order valence-electron chi connectivity index (χ2n) is 4.77. The third-order valence-corrected chi connectivity index (χ3v) is 3.48. The number of piperidine rings is 1. The van der Waals surface area contributed by atoms with Gasteiger partial charge in [-0.25, -0.2) is 4.39 Å². The molecular weight excluding hydrogens is 246 g/mol. The Balaban J connectivity index is 2.21. The smallest absolute Gasteiger partial charge is 0.310 e. The van der Waals surface area contributed by atoms with Gasteiger partial charge in [-0.15, -0.1) is 0 Å². The van der Waals surface area contributed by atoms with Crippen LogP contribution in [0, 0.1) is 18.7 Å². The van der Waals surface area contributed by atoms with Crippen LogP contribution in [-0.4, -0.2) is 12.7 Å². The first-order chi connectivity index (χ1) is 8.38. The normalized spacial score (nSPS) is 25.2. The van der Waals surface area contributed by atoms with E-state index in [0.717, 1.165) is 5.56 Å². The Hall–Kier alpha value is -1.10. The van der Waals surface area contributed by atoms with Gasteiger partial charge in [0.05, 0.1) is 5.92 Å². The first-order valence-electron chi connectivity index (χ1n) is 5.94. The minimum atomic E-state index is -4.17. The molecule has 1 aliphatic rings. The lowest BCUT2D eigenvalue weighted by Crippen LogP contribution is -2.38. The lowest BCUT2D eigenvalue weighted by Gasteiger charge is -2.32. The monoisotopic (exact) mass is 261 g/mol. The number of rotatable bonds is 1. The van der Waals surface area contributed by atoms with Crippen LogP contribution in [0.15, 0.2) is 18.2 Å². The molecule has 100 valence electrons. The van der Waals surface area contributed by atoms with Crippen LogP contribution in [0.25, 0.3) is 0 Å². The van der Waals surface area contributed by atoms with Gasteiger partial charge < -0.3 is 5.32 Å². The highest BCUT2D eigenvalue weighted by Crippen LogP contribution is 2.38. The van der Waals surface area contributed by atoms with Crippen molar-refractivity contribution >= 4 is 0 Å². The summed E-state index contributed by atoms with van der Waals surface area (Å²) in [6.45, 7) is 2.10. The lowest BCUT2D eigenvalue weighted by molar-refractivity contribution is -0.183. The van der Waals surface area contributed by atoms with Crippen LogP contribution in [0.2, 0.25) is 0 Å². The van der Waals surface area contributed by atoms with Crippen LogP contribution in [0.4, 0.5) is 17.6 Å². The standard InChI is InChI=1S/C13H15F4N/c1-8-2-3-10(14)7-11(8)12-6-9(4-5-18-12)13(15,16)17/h2-3,7,9,12,18H,4-6H2,1H3. The van der Waals surface area contributed by atoms with Crippen molar-refractivity contribution < 1.29 is 17.6 Å². The first kappa shape index (κ1) is 13.3. The molecule has 2 rings (SSSR count). The predicted octanol–water partition coefficient (Wildman–Crippen LogP) is 3.74. The van der Waals surface area contributed by atoms with Gasteiger partial charge in [-0.05, 0) is 49.6 Å². The molecule has 5 heteroatoms. The Morgan fingerprint density at radius 1 is 1.28 bits per heavy atom. The molecule has 1 aromatic carbocycles. The molecule has 0 aliphatic carbocycles. The molecule has 1 aliphatic heterocycles.